The zero-order valence-corrected chi connectivity index (χ0v) is 17.9. The van der Waals surface area contributed by atoms with Crippen molar-refractivity contribution in [2.45, 2.75) is 12.6 Å². The summed E-state index contributed by atoms with van der Waals surface area (Å²) in [4.78, 5) is 41.4. The molecule has 0 aliphatic carbocycles. The fourth-order valence-corrected chi connectivity index (χ4v) is 4.18. The van der Waals surface area contributed by atoms with Crippen LogP contribution in [0.5, 0.6) is 0 Å². The van der Waals surface area contributed by atoms with E-state index in [1.54, 1.807) is 12.1 Å². The molecule has 166 valence electrons. The summed E-state index contributed by atoms with van der Waals surface area (Å²) in [7, 11) is 0. The second kappa shape index (κ2) is 9.52. The molecule has 1 amide bonds. The van der Waals surface area contributed by atoms with E-state index in [0.29, 0.717) is 47.8 Å². The van der Waals surface area contributed by atoms with Crippen molar-refractivity contribution in [3.63, 3.8) is 0 Å². The topological polar surface area (TPSA) is 112 Å². The molecule has 0 radical (unpaired) electrons. The van der Waals surface area contributed by atoms with Crippen LogP contribution < -0.4 is 10.9 Å². The molecule has 3 aromatic rings. The Balaban J connectivity index is 1.62. The Labute approximate surface area is 188 Å². The van der Waals surface area contributed by atoms with Gasteiger partial charge in [0.2, 0.25) is 5.91 Å². The predicted molar refractivity (Wildman–Crippen MR) is 120 cm³/mol. The normalized spacial score (nSPS) is 15.4. The molecule has 8 nitrogen and oxygen atoms in total. The summed E-state index contributed by atoms with van der Waals surface area (Å²) in [5.41, 5.74) is 0.819. The lowest BCUT2D eigenvalue weighted by Gasteiger charge is -2.33. The van der Waals surface area contributed by atoms with Crippen molar-refractivity contribution in [3.05, 3.63) is 80.6 Å². The number of morpholine rings is 1. The average molecular weight is 456 g/mol. The number of hydrogen-bond acceptors (Lipinski definition) is 5. The number of carbonyl (C=O) groups excluding carboxylic acids is 1. The van der Waals surface area contributed by atoms with Gasteiger partial charge in [0, 0.05) is 30.0 Å². The molecule has 4 rings (SSSR count). The number of aromatic amines is 1. The Kier molecular flexibility index (Phi) is 6.55. The summed E-state index contributed by atoms with van der Waals surface area (Å²) in [6.07, 6.45) is 0. The first kappa shape index (κ1) is 22.0. The third-order valence-electron chi connectivity index (χ3n) is 5.46. The van der Waals surface area contributed by atoms with E-state index in [-0.39, 0.29) is 18.0 Å². The molecule has 1 aromatic heterocycles. The van der Waals surface area contributed by atoms with Crippen molar-refractivity contribution >= 4 is 34.4 Å². The molecule has 1 atom stereocenters. The van der Waals surface area contributed by atoms with E-state index < -0.39 is 17.6 Å². The molecule has 1 saturated heterocycles. The number of pyridine rings is 1. The van der Waals surface area contributed by atoms with Crippen LogP contribution in [0.2, 0.25) is 5.02 Å². The monoisotopic (exact) mass is 455 g/mol. The van der Waals surface area contributed by atoms with Gasteiger partial charge in [-0.25, -0.2) is 4.79 Å². The van der Waals surface area contributed by atoms with Crippen LogP contribution in [0.4, 0.5) is 0 Å². The lowest BCUT2D eigenvalue weighted by atomic mass is 10.0. The van der Waals surface area contributed by atoms with Crippen molar-refractivity contribution in [1.82, 2.24) is 15.2 Å². The molecule has 32 heavy (non-hydrogen) atoms. The third kappa shape index (κ3) is 4.67. The van der Waals surface area contributed by atoms with Crippen LogP contribution in [0.3, 0.4) is 0 Å². The van der Waals surface area contributed by atoms with Gasteiger partial charge in [-0.2, -0.15) is 0 Å². The highest BCUT2D eigenvalue weighted by atomic mass is 35.5. The molecule has 2 heterocycles. The summed E-state index contributed by atoms with van der Waals surface area (Å²) in [5.74, 6) is -1.50. The zero-order chi connectivity index (χ0) is 22.7. The zero-order valence-electron chi connectivity index (χ0n) is 17.1. The first-order chi connectivity index (χ1) is 15.4. The number of carbonyl (C=O) groups is 2. The quantitative estimate of drug-likeness (QED) is 0.526. The number of ether oxygens (including phenoxy) is 1. The number of aromatic carboxylic acids is 1. The Hall–Kier alpha value is -3.20. The smallest absolute Gasteiger partial charge is 0.341 e. The molecule has 9 heteroatoms. The lowest BCUT2D eigenvalue weighted by molar-refractivity contribution is -0.128. The van der Waals surface area contributed by atoms with Crippen molar-refractivity contribution in [2.24, 2.45) is 0 Å². The average Bonchev–Trinajstić information content (AvgIpc) is 2.79. The van der Waals surface area contributed by atoms with Gasteiger partial charge in [-0.05, 0) is 29.3 Å². The van der Waals surface area contributed by atoms with Crippen LogP contribution in [0.25, 0.3) is 10.9 Å². The van der Waals surface area contributed by atoms with Gasteiger partial charge in [-0.1, -0.05) is 41.9 Å². The van der Waals surface area contributed by atoms with E-state index >= 15 is 0 Å². The van der Waals surface area contributed by atoms with Crippen LogP contribution in [0, 0.1) is 0 Å². The minimum absolute atomic E-state index is 0.117. The number of nitrogens with one attached hydrogen (secondary N) is 2. The molecule has 1 fully saturated rings. The van der Waals surface area contributed by atoms with Gasteiger partial charge in [0.15, 0.2) is 0 Å². The summed E-state index contributed by atoms with van der Waals surface area (Å²) < 4.78 is 5.43. The standard InChI is InChI=1S/C23H22ClN3O5/c24-17-10-15-12-18(23(30)31)21(28)26-19(15)16(11-17)13-25-22(29)20(14-4-2-1-3-5-14)27-6-8-32-9-7-27/h1-5,10-12,20H,6-9,13H2,(H,25,29)(H,26,28)(H,30,31). The number of amides is 1. The first-order valence-corrected chi connectivity index (χ1v) is 10.5. The minimum atomic E-state index is -1.32. The largest absolute Gasteiger partial charge is 0.477 e. The number of nitrogens with zero attached hydrogens (tertiary/aromatic N) is 1. The Morgan fingerprint density at radius 2 is 1.88 bits per heavy atom. The Morgan fingerprint density at radius 3 is 2.56 bits per heavy atom. The first-order valence-electron chi connectivity index (χ1n) is 10.2. The number of halogens is 1. The van der Waals surface area contributed by atoms with E-state index in [4.69, 9.17) is 16.3 Å². The summed E-state index contributed by atoms with van der Waals surface area (Å²) in [6.45, 7) is 2.51. The van der Waals surface area contributed by atoms with E-state index in [1.807, 2.05) is 30.3 Å². The molecule has 1 aliphatic heterocycles. The van der Waals surface area contributed by atoms with Crippen LogP contribution in [0.1, 0.15) is 27.5 Å². The molecule has 1 unspecified atom stereocenters. The third-order valence-corrected chi connectivity index (χ3v) is 5.67. The number of rotatable bonds is 6. The van der Waals surface area contributed by atoms with Crippen molar-refractivity contribution in [3.8, 4) is 0 Å². The SMILES string of the molecule is O=C(O)c1cc2cc(Cl)cc(CNC(=O)C(c3ccccc3)N3CCOCC3)c2[nH]c1=O. The van der Waals surface area contributed by atoms with Gasteiger partial charge >= 0.3 is 5.97 Å². The second-order valence-corrected chi connectivity index (χ2v) is 7.96. The lowest BCUT2D eigenvalue weighted by Crippen LogP contribution is -2.45. The highest BCUT2D eigenvalue weighted by molar-refractivity contribution is 6.31. The Bertz CT molecular complexity index is 1210. The van der Waals surface area contributed by atoms with Gasteiger partial charge in [-0.3, -0.25) is 14.5 Å². The van der Waals surface area contributed by atoms with E-state index in [9.17, 15) is 19.5 Å². The van der Waals surface area contributed by atoms with E-state index in [1.165, 1.54) is 6.07 Å². The fraction of sp³-hybridized carbons (Fsp3) is 0.261. The number of carboxylic acids is 1. The molecule has 0 bridgehead atoms. The summed E-state index contributed by atoms with van der Waals surface area (Å²) in [5, 5.41) is 13.0. The number of carboxylic acid groups (broad SMARTS) is 1. The van der Waals surface area contributed by atoms with Crippen LogP contribution >= 0.6 is 11.6 Å². The molecular formula is C23H22ClN3O5. The van der Waals surface area contributed by atoms with Crippen molar-refractivity contribution in [1.29, 1.82) is 0 Å². The van der Waals surface area contributed by atoms with Gasteiger partial charge in [-0.15, -0.1) is 0 Å². The summed E-state index contributed by atoms with van der Waals surface area (Å²) in [6, 6.07) is 13.5. The Morgan fingerprint density at radius 1 is 1.16 bits per heavy atom. The van der Waals surface area contributed by atoms with E-state index in [2.05, 4.69) is 15.2 Å². The number of aromatic nitrogens is 1. The van der Waals surface area contributed by atoms with Crippen LogP contribution in [-0.2, 0) is 16.1 Å². The van der Waals surface area contributed by atoms with Crippen molar-refractivity contribution in [2.75, 3.05) is 26.3 Å². The van der Waals surface area contributed by atoms with Gasteiger partial charge in [0.25, 0.3) is 5.56 Å². The van der Waals surface area contributed by atoms with Gasteiger partial charge in [0.05, 0.1) is 18.7 Å². The van der Waals surface area contributed by atoms with Crippen LogP contribution in [0.15, 0.2) is 53.3 Å². The second-order valence-electron chi connectivity index (χ2n) is 7.53. The molecule has 3 N–H and O–H groups in total. The molecule has 0 spiro atoms. The maximum atomic E-state index is 13.3. The predicted octanol–water partition coefficient (Wildman–Crippen LogP) is 2.57. The minimum Gasteiger partial charge on any atom is -0.477 e. The molecular weight excluding hydrogens is 434 g/mol. The maximum Gasteiger partial charge on any atom is 0.341 e. The highest BCUT2D eigenvalue weighted by Gasteiger charge is 2.29. The number of benzene rings is 2. The molecule has 2 aromatic carbocycles. The molecule has 0 saturated carbocycles. The maximum absolute atomic E-state index is 13.3. The van der Waals surface area contributed by atoms with Gasteiger partial charge in [0.1, 0.15) is 11.6 Å². The molecule has 1 aliphatic rings. The van der Waals surface area contributed by atoms with E-state index in [0.717, 1.165) is 5.56 Å². The van der Waals surface area contributed by atoms with Crippen LogP contribution in [-0.4, -0.2) is 53.2 Å². The van der Waals surface area contributed by atoms with Crippen molar-refractivity contribution < 1.29 is 19.4 Å². The number of H-pyrrole nitrogens is 1. The number of fused-ring (bicyclic) bond motifs is 1. The number of hydrogen-bond donors (Lipinski definition) is 3. The highest BCUT2D eigenvalue weighted by Crippen LogP contribution is 2.25. The summed E-state index contributed by atoms with van der Waals surface area (Å²) >= 11 is 6.22. The van der Waals surface area contributed by atoms with Gasteiger partial charge < -0.3 is 20.1 Å². The fourth-order valence-electron chi connectivity index (χ4n) is 3.93.